The summed E-state index contributed by atoms with van der Waals surface area (Å²) in [6, 6.07) is 2.61. The van der Waals surface area contributed by atoms with Gasteiger partial charge in [0.05, 0.1) is 24.2 Å². The topological polar surface area (TPSA) is 100 Å². The van der Waals surface area contributed by atoms with Gasteiger partial charge < -0.3 is 19.9 Å². The summed E-state index contributed by atoms with van der Waals surface area (Å²) in [4.78, 5) is 37.8. The maximum atomic E-state index is 14.6. The molecule has 190 valence electrons. The van der Waals surface area contributed by atoms with Crippen molar-refractivity contribution in [3.05, 3.63) is 41.6 Å². The van der Waals surface area contributed by atoms with Crippen molar-refractivity contribution in [1.82, 2.24) is 25.2 Å². The van der Waals surface area contributed by atoms with Gasteiger partial charge in [0.2, 0.25) is 5.91 Å². The van der Waals surface area contributed by atoms with Gasteiger partial charge in [0, 0.05) is 24.2 Å². The van der Waals surface area contributed by atoms with Gasteiger partial charge in [0.25, 0.3) is 11.8 Å². The molecule has 1 saturated heterocycles. The van der Waals surface area contributed by atoms with Gasteiger partial charge in [-0.25, -0.2) is 23.1 Å². The van der Waals surface area contributed by atoms with Crippen molar-refractivity contribution in [2.75, 3.05) is 19.7 Å². The Bertz CT molecular complexity index is 1340. The van der Waals surface area contributed by atoms with Gasteiger partial charge in [-0.05, 0) is 43.9 Å². The number of benzene rings is 1. The number of hydrogen-bond acceptors (Lipinski definition) is 5. The summed E-state index contributed by atoms with van der Waals surface area (Å²) in [5, 5.41) is 2.38. The number of aromatic nitrogens is 3. The number of aryl methyl sites for hydroxylation is 1. The lowest BCUT2D eigenvalue weighted by molar-refractivity contribution is -0.131. The summed E-state index contributed by atoms with van der Waals surface area (Å²) in [5.74, 6) is -3.96. The number of alkyl halides is 2. The SMILES string of the molecule is CCC(=O)N1CC(NC(=O)c2c(C)[nH]c3c(-c4cc(F)ccc4OCC4CC4)ncnc23)C(F)(F)C1. The fourth-order valence-corrected chi connectivity index (χ4v) is 4.49. The van der Waals surface area contributed by atoms with Crippen molar-refractivity contribution in [2.45, 2.75) is 45.1 Å². The zero-order valence-corrected chi connectivity index (χ0v) is 19.9. The van der Waals surface area contributed by atoms with E-state index in [1.807, 2.05) is 0 Å². The molecule has 0 spiro atoms. The Morgan fingerprint density at radius 3 is 2.78 bits per heavy atom. The number of likely N-dealkylation sites (tertiary alicyclic amines) is 1. The van der Waals surface area contributed by atoms with Gasteiger partial charge in [-0.3, -0.25) is 9.59 Å². The molecule has 2 N–H and O–H groups in total. The Hall–Kier alpha value is -3.63. The van der Waals surface area contributed by atoms with Crippen LogP contribution in [0.25, 0.3) is 22.3 Å². The van der Waals surface area contributed by atoms with Crippen LogP contribution in [0.15, 0.2) is 24.5 Å². The minimum Gasteiger partial charge on any atom is -0.493 e. The highest BCUT2D eigenvalue weighted by Crippen LogP contribution is 2.37. The first-order valence-electron chi connectivity index (χ1n) is 11.9. The van der Waals surface area contributed by atoms with Crippen LogP contribution in [0.3, 0.4) is 0 Å². The number of halogens is 3. The molecule has 11 heteroatoms. The lowest BCUT2D eigenvalue weighted by Crippen LogP contribution is -2.46. The summed E-state index contributed by atoms with van der Waals surface area (Å²) in [6.07, 6.45) is 3.52. The van der Waals surface area contributed by atoms with E-state index in [1.165, 1.54) is 24.5 Å². The van der Waals surface area contributed by atoms with Gasteiger partial charge >= 0.3 is 0 Å². The average molecular weight is 502 g/mol. The number of aromatic amines is 1. The number of nitrogens with zero attached hydrogens (tertiary/aromatic N) is 3. The number of H-pyrrole nitrogens is 1. The molecule has 1 aromatic carbocycles. The molecule has 0 bridgehead atoms. The lowest BCUT2D eigenvalue weighted by atomic mass is 10.1. The van der Waals surface area contributed by atoms with Crippen molar-refractivity contribution in [1.29, 1.82) is 0 Å². The molecule has 3 heterocycles. The summed E-state index contributed by atoms with van der Waals surface area (Å²) in [6.45, 7) is 2.71. The molecule has 2 aromatic heterocycles. The number of carbonyl (C=O) groups excluding carboxylic acids is 2. The number of amides is 2. The number of hydrogen-bond donors (Lipinski definition) is 2. The van der Waals surface area contributed by atoms with E-state index in [-0.39, 0.29) is 24.0 Å². The Kier molecular flexibility index (Phi) is 6.09. The minimum absolute atomic E-state index is 0.0848. The van der Waals surface area contributed by atoms with E-state index >= 15 is 0 Å². The molecule has 36 heavy (non-hydrogen) atoms. The second kappa shape index (κ2) is 9.11. The summed E-state index contributed by atoms with van der Waals surface area (Å²) in [5.41, 5.74) is 1.79. The largest absolute Gasteiger partial charge is 0.493 e. The average Bonchev–Trinajstić information content (AvgIpc) is 3.53. The molecular formula is C25H26F3N5O3. The molecule has 8 nitrogen and oxygen atoms in total. The van der Waals surface area contributed by atoms with Crippen LogP contribution in [0.2, 0.25) is 0 Å². The fraction of sp³-hybridized carbons (Fsp3) is 0.440. The maximum Gasteiger partial charge on any atom is 0.286 e. The second-order valence-electron chi connectivity index (χ2n) is 9.38. The van der Waals surface area contributed by atoms with E-state index in [0.717, 1.165) is 17.7 Å². The van der Waals surface area contributed by atoms with Gasteiger partial charge in [-0.15, -0.1) is 0 Å². The van der Waals surface area contributed by atoms with Crippen LogP contribution in [0.4, 0.5) is 13.2 Å². The van der Waals surface area contributed by atoms with Crippen molar-refractivity contribution in [3.8, 4) is 17.0 Å². The Balaban J connectivity index is 1.47. The molecule has 1 aliphatic heterocycles. The third-order valence-corrected chi connectivity index (χ3v) is 6.64. The van der Waals surface area contributed by atoms with Crippen molar-refractivity contribution in [2.24, 2.45) is 5.92 Å². The van der Waals surface area contributed by atoms with Crippen molar-refractivity contribution in [3.63, 3.8) is 0 Å². The first-order chi connectivity index (χ1) is 17.2. The van der Waals surface area contributed by atoms with Gasteiger partial charge in [0.1, 0.15) is 35.1 Å². The fourth-order valence-electron chi connectivity index (χ4n) is 4.49. The van der Waals surface area contributed by atoms with Crippen molar-refractivity contribution < 1.29 is 27.5 Å². The first kappa shape index (κ1) is 24.1. The number of rotatable bonds is 7. The smallest absolute Gasteiger partial charge is 0.286 e. The van der Waals surface area contributed by atoms with Crippen LogP contribution >= 0.6 is 0 Å². The molecule has 1 saturated carbocycles. The van der Waals surface area contributed by atoms with Crippen LogP contribution in [-0.2, 0) is 4.79 Å². The highest BCUT2D eigenvalue weighted by molar-refractivity contribution is 6.09. The zero-order chi connectivity index (χ0) is 25.6. The molecule has 5 rings (SSSR count). The second-order valence-corrected chi connectivity index (χ2v) is 9.38. The van der Waals surface area contributed by atoms with E-state index in [1.54, 1.807) is 13.8 Å². The van der Waals surface area contributed by atoms with E-state index in [9.17, 15) is 22.8 Å². The van der Waals surface area contributed by atoms with Crippen LogP contribution in [0.1, 0.15) is 42.2 Å². The van der Waals surface area contributed by atoms with E-state index in [2.05, 4.69) is 20.3 Å². The Morgan fingerprint density at radius 2 is 2.06 bits per heavy atom. The number of ether oxygens (including phenoxy) is 1. The van der Waals surface area contributed by atoms with E-state index < -0.39 is 36.1 Å². The molecule has 1 unspecified atom stereocenters. The Labute approximate surface area is 205 Å². The zero-order valence-electron chi connectivity index (χ0n) is 19.9. The molecule has 2 fully saturated rings. The van der Waals surface area contributed by atoms with E-state index in [0.29, 0.717) is 40.7 Å². The van der Waals surface area contributed by atoms with E-state index in [4.69, 9.17) is 4.74 Å². The molecule has 0 radical (unpaired) electrons. The van der Waals surface area contributed by atoms with Crippen LogP contribution in [-0.4, -0.2) is 63.3 Å². The molecule has 1 aliphatic carbocycles. The van der Waals surface area contributed by atoms with Crippen molar-refractivity contribution >= 4 is 22.8 Å². The monoisotopic (exact) mass is 501 g/mol. The quantitative estimate of drug-likeness (QED) is 0.512. The lowest BCUT2D eigenvalue weighted by Gasteiger charge is -2.18. The highest BCUT2D eigenvalue weighted by Gasteiger charge is 2.50. The van der Waals surface area contributed by atoms with Crippen LogP contribution in [0.5, 0.6) is 5.75 Å². The third kappa shape index (κ3) is 4.49. The van der Waals surface area contributed by atoms with Gasteiger partial charge in [-0.2, -0.15) is 0 Å². The molecule has 2 amide bonds. The number of nitrogens with one attached hydrogen (secondary N) is 2. The highest BCUT2D eigenvalue weighted by atomic mass is 19.3. The summed E-state index contributed by atoms with van der Waals surface area (Å²) in [7, 11) is 0. The molecule has 2 aliphatic rings. The van der Waals surface area contributed by atoms with Crippen LogP contribution in [0, 0.1) is 18.7 Å². The minimum atomic E-state index is -3.27. The number of carbonyl (C=O) groups is 2. The van der Waals surface area contributed by atoms with Gasteiger partial charge in [0.15, 0.2) is 0 Å². The third-order valence-electron chi connectivity index (χ3n) is 6.64. The standard InChI is InChI=1S/C25H26F3N5O3/c1-3-19(34)33-9-18(25(27,28)11-33)32-24(35)20-13(2)31-23-21(29-12-30-22(20)23)16-8-15(26)6-7-17(16)36-10-14-4-5-14/h6-8,12,14,18,31H,3-5,9-11H2,1-2H3,(H,32,35). The maximum absolute atomic E-state index is 14.6. The predicted molar refractivity (Wildman–Crippen MR) is 125 cm³/mol. The molecule has 1 atom stereocenters. The number of fused-ring (bicyclic) bond motifs is 1. The van der Waals surface area contributed by atoms with Crippen LogP contribution < -0.4 is 10.1 Å². The normalized spacial score (nSPS) is 19.0. The predicted octanol–water partition coefficient (Wildman–Crippen LogP) is 3.85. The summed E-state index contributed by atoms with van der Waals surface area (Å²) >= 11 is 0. The first-order valence-corrected chi connectivity index (χ1v) is 11.9. The Morgan fingerprint density at radius 1 is 1.28 bits per heavy atom. The molecule has 3 aromatic rings. The summed E-state index contributed by atoms with van der Waals surface area (Å²) < 4.78 is 49.3. The molecular weight excluding hydrogens is 475 g/mol. The van der Waals surface area contributed by atoms with Gasteiger partial charge in [-0.1, -0.05) is 6.92 Å².